The monoisotopic (exact) mass is 391 g/mol. The predicted octanol–water partition coefficient (Wildman–Crippen LogP) is 1.84. The molecule has 0 radical (unpaired) electrons. The highest BCUT2D eigenvalue weighted by Crippen LogP contribution is 2.46. The van der Waals surface area contributed by atoms with Crippen molar-refractivity contribution in [1.29, 1.82) is 0 Å². The number of benzene rings is 1. The number of halogens is 2. The molecule has 2 aliphatic carbocycles. The smallest absolute Gasteiger partial charge is 0.341 e. The molecule has 2 aromatic rings. The molecule has 4 rings (SSSR count). The maximum Gasteiger partial charge on any atom is 0.341 e. The van der Waals surface area contributed by atoms with E-state index in [0.717, 1.165) is 18.5 Å². The maximum absolute atomic E-state index is 14.6. The average Bonchev–Trinajstić information content (AvgIpc) is 3.57. The van der Waals surface area contributed by atoms with Crippen molar-refractivity contribution < 1.29 is 23.5 Å². The van der Waals surface area contributed by atoms with Gasteiger partial charge in [-0.2, -0.15) is 0 Å². The van der Waals surface area contributed by atoms with Crippen molar-refractivity contribution in [3.05, 3.63) is 39.9 Å². The van der Waals surface area contributed by atoms with Gasteiger partial charge < -0.3 is 25.5 Å². The number of nitrogens with two attached hydrogens (primary N) is 1. The Morgan fingerprint density at radius 3 is 2.68 bits per heavy atom. The third kappa shape index (κ3) is 2.95. The summed E-state index contributed by atoms with van der Waals surface area (Å²) in [7, 11) is 0. The van der Waals surface area contributed by atoms with Gasteiger partial charge in [-0.25, -0.2) is 13.6 Å². The minimum atomic E-state index is -1.45. The topological polar surface area (TPSA) is 114 Å². The molecule has 1 aromatic carbocycles. The standard InChI is InChI=1S/C19H19F2N3O4/c20-11-3-9-14(5-13(11)23-6-16(22)19(8-25)1-2-19)24(15-4-12(15)21)7-10(17(9)26)18(27)28/h3,5,7-8,12,15-16,23H,1-2,4,6,22H2,(H,27,28)/t12-,15+,16+/m0/s1. The SMILES string of the molecule is N[C@H](CNc1cc2c(cc1F)c(=O)c(C(=O)O)cn2[C@@H]1C[C@@H]1F)C1(C=O)CC1. The van der Waals surface area contributed by atoms with E-state index in [1.165, 1.54) is 10.6 Å². The number of alkyl halides is 1. The fourth-order valence-electron chi connectivity index (χ4n) is 3.52. The molecule has 28 heavy (non-hydrogen) atoms. The molecule has 0 unspecified atom stereocenters. The van der Waals surface area contributed by atoms with Crippen LogP contribution in [0.15, 0.2) is 23.1 Å². The van der Waals surface area contributed by atoms with Crippen LogP contribution in [0.3, 0.4) is 0 Å². The molecule has 0 saturated heterocycles. The van der Waals surface area contributed by atoms with Crippen LogP contribution in [0.4, 0.5) is 14.5 Å². The normalized spacial score (nSPS) is 23.2. The van der Waals surface area contributed by atoms with Crippen molar-refractivity contribution >= 4 is 28.8 Å². The third-order valence-corrected chi connectivity index (χ3v) is 5.70. The molecule has 0 aliphatic heterocycles. The lowest BCUT2D eigenvalue weighted by Gasteiger charge is -2.20. The van der Waals surface area contributed by atoms with Gasteiger partial charge in [0.2, 0.25) is 5.43 Å². The van der Waals surface area contributed by atoms with Gasteiger partial charge in [0.25, 0.3) is 0 Å². The largest absolute Gasteiger partial charge is 0.477 e. The lowest BCUT2D eigenvalue weighted by atomic mass is 9.99. The van der Waals surface area contributed by atoms with Gasteiger partial charge in [-0.05, 0) is 25.0 Å². The van der Waals surface area contributed by atoms with Gasteiger partial charge in [0.15, 0.2) is 0 Å². The Morgan fingerprint density at radius 1 is 1.46 bits per heavy atom. The van der Waals surface area contributed by atoms with Gasteiger partial charge in [0, 0.05) is 36.0 Å². The van der Waals surface area contributed by atoms with E-state index >= 15 is 0 Å². The summed E-state index contributed by atoms with van der Waals surface area (Å²) in [4.78, 5) is 34.9. The molecule has 0 bridgehead atoms. The van der Waals surface area contributed by atoms with Gasteiger partial charge in [0.05, 0.1) is 17.2 Å². The number of nitrogens with one attached hydrogen (secondary N) is 1. The zero-order chi connectivity index (χ0) is 20.2. The number of carbonyl (C=O) groups is 2. The Balaban J connectivity index is 1.74. The molecule has 9 heteroatoms. The van der Waals surface area contributed by atoms with Crippen LogP contribution in [-0.4, -0.2) is 40.7 Å². The first kappa shape index (κ1) is 18.5. The molecule has 4 N–H and O–H groups in total. The van der Waals surface area contributed by atoms with Crippen molar-refractivity contribution in [2.45, 2.75) is 37.5 Å². The zero-order valence-electron chi connectivity index (χ0n) is 14.8. The Kier molecular flexibility index (Phi) is 4.22. The quantitative estimate of drug-likeness (QED) is 0.621. The average molecular weight is 391 g/mol. The summed E-state index contributed by atoms with van der Waals surface area (Å²) in [6.07, 6.45) is 2.37. The van der Waals surface area contributed by atoms with Gasteiger partial charge in [-0.3, -0.25) is 4.79 Å². The van der Waals surface area contributed by atoms with E-state index in [9.17, 15) is 28.3 Å². The highest BCUT2D eigenvalue weighted by Gasteiger charge is 2.47. The van der Waals surface area contributed by atoms with Gasteiger partial charge in [-0.15, -0.1) is 0 Å². The summed E-state index contributed by atoms with van der Waals surface area (Å²) < 4.78 is 29.6. The first-order valence-electron chi connectivity index (χ1n) is 8.99. The lowest BCUT2D eigenvalue weighted by molar-refractivity contribution is -0.112. The minimum Gasteiger partial charge on any atom is -0.477 e. The summed E-state index contributed by atoms with van der Waals surface area (Å²) in [5.74, 6) is -2.21. The molecular weight excluding hydrogens is 372 g/mol. The number of hydrogen-bond acceptors (Lipinski definition) is 5. The van der Waals surface area contributed by atoms with Crippen LogP contribution in [0.1, 0.15) is 35.7 Å². The van der Waals surface area contributed by atoms with E-state index in [1.807, 2.05) is 0 Å². The van der Waals surface area contributed by atoms with Gasteiger partial charge in [-0.1, -0.05) is 0 Å². The number of pyridine rings is 1. The summed E-state index contributed by atoms with van der Waals surface area (Å²) in [5, 5.41) is 12.0. The van der Waals surface area contributed by atoms with Gasteiger partial charge >= 0.3 is 5.97 Å². The van der Waals surface area contributed by atoms with Crippen LogP contribution in [0.25, 0.3) is 10.9 Å². The Hall–Kier alpha value is -2.81. The highest BCUT2D eigenvalue weighted by molar-refractivity contribution is 5.93. The Bertz CT molecular complexity index is 1050. The van der Waals surface area contributed by atoms with Crippen LogP contribution >= 0.6 is 0 Å². The fraction of sp³-hybridized carbons (Fsp3) is 0.421. The third-order valence-electron chi connectivity index (χ3n) is 5.70. The number of nitrogens with zero attached hydrogens (tertiary/aromatic N) is 1. The number of aromatic nitrogens is 1. The first-order valence-corrected chi connectivity index (χ1v) is 8.99. The molecule has 0 amide bonds. The molecule has 1 aromatic heterocycles. The zero-order valence-corrected chi connectivity index (χ0v) is 14.8. The summed E-state index contributed by atoms with van der Waals surface area (Å²) in [6, 6.07) is 1.23. The van der Waals surface area contributed by atoms with Crippen molar-refractivity contribution in [3.63, 3.8) is 0 Å². The Labute approximate surface area is 158 Å². The van der Waals surface area contributed by atoms with Gasteiger partial charge in [0.1, 0.15) is 23.8 Å². The van der Waals surface area contributed by atoms with E-state index in [1.54, 1.807) is 0 Å². The van der Waals surface area contributed by atoms with Crippen LogP contribution in [0, 0.1) is 11.2 Å². The number of carboxylic acid groups (broad SMARTS) is 1. The number of aldehydes is 1. The van der Waals surface area contributed by atoms with E-state index in [0.29, 0.717) is 12.8 Å². The van der Waals surface area contributed by atoms with E-state index in [4.69, 9.17) is 5.73 Å². The molecule has 3 atom stereocenters. The summed E-state index contributed by atoms with van der Waals surface area (Å²) in [5.41, 5.74) is 4.40. The van der Waals surface area contributed by atoms with Crippen molar-refractivity contribution in [3.8, 4) is 0 Å². The molecule has 0 spiro atoms. The van der Waals surface area contributed by atoms with Crippen molar-refractivity contribution in [2.24, 2.45) is 11.1 Å². The van der Waals surface area contributed by atoms with Crippen molar-refractivity contribution in [2.75, 3.05) is 11.9 Å². The number of anilines is 1. The number of carbonyl (C=O) groups excluding carboxylic acids is 1. The lowest BCUT2D eigenvalue weighted by Crippen LogP contribution is -2.39. The van der Waals surface area contributed by atoms with Crippen LogP contribution in [0.2, 0.25) is 0 Å². The summed E-state index contributed by atoms with van der Waals surface area (Å²) >= 11 is 0. The second-order valence-electron chi connectivity index (χ2n) is 7.59. The second kappa shape index (κ2) is 6.37. The number of hydrogen-bond donors (Lipinski definition) is 3. The summed E-state index contributed by atoms with van der Waals surface area (Å²) in [6.45, 7) is 0.147. The molecule has 148 valence electrons. The van der Waals surface area contributed by atoms with Crippen LogP contribution in [0.5, 0.6) is 0 Å². The molecule has 2 saturated carbocycles. The fourth-order valence-corrected chi connectivity index (χ4v) is 3.52. The number of aromatic carboxylic acids is 1. The number of fused-ring (bicyclic) bond motifs is 1. The molecule has 2 fully saturated rings. The Morgan fingerprint density at radius 2 is 2.14 bits per heavy atom. The van der Waals surface area contributed by atoms with E-state index in [-0.39, 0.29) is 29.6 Å². The van der Waals surface area contributed by atoms with Crippen molar-refractivity contribution in [1.82, 2.24) is 4.57 Å². The number of carboxylic acids is 1. The number of rotatable bonds is 7. The minimum absolute atomic E-state index is 0.0527. The van der Waals surface area contributed by atoms with Crippen LogP contribution < -0.4 is 16.5 Å². The van der Waals surface area contributed by atoms with Crippen LogP contribution in [-0.2, 0) is 4.79 Å². The highest BCUT2D eigenvalue weighted by atomic mass is 19.1. The first-order chi connectivity index (χ1) is 13.3. The molecule has 7 nitrogen and oxygen atoms in total. The molecule has 1 heterocycles. The molecular formula is C19H19F2N3O4. The van der Waals surface area contributed by atoms with E-state index < -0.39 is 46.4 Å². The predicted molar refractivity (Wildman–Crippen MR) is 97.9 cm³/mol. The maximum atomic E-state index is 14.6. The molecule has 2 aliphatic rings. The second-order valence-corrected chi connectivity index (χ2v) is 7.59. The van der Waals surface area contributed by atoms with E-state index in [2.05, 4.69) is 5.32 Å².